The molecule has 1 aromatic heterocycles. The zero-order valence-electron chi connectivity index (χ0n) is 8.93. The third-order valence-electron chi connectivity index (χ3n) is 2.81. The molecule has 90 valence electrons. The molecule has 3 rings (SSSR count). The fourth-order valence-corrected chi connectivity index (χ4v) is 2.75. The molecule has 0 atom stereocenters. The summed E-state index contributed by atoms with van der Waals surface area (Å²) in [6, 6.07) is 8.53. The molecule has 0 aliphatic rings. The van der Waals surface area contributed by atoms with Gasteiger partial charge in [-0.15, -0.1) is 0 Å². The van der Waals surface area contributed by atoms with Gasteiger partial charge in [-0.3, -0.25) is 4.79 Å². The van der Waals surface area contributed by atoms with Crippen LogP contribution in [0.1, 0.15) is 0 Å². The topological polar surface area (TPSA) is 32.9 Å². The summed E-state index contributed by atoms with van der Waals surface area (Å²) >= 11 is 18.0. The van der Waals surface area contributed by atoms with Gasteiger partial charge >= 0.3 is 0 Å². The number of nitrogens with one attached hydrogen (secondary N) is 1. The summed E-state index contributed by atoms with van der Waals surface area (Å²) in [6.07, 6.45) is 0. The molecule has 0 radical (unpaired) electrons. The molecular formula is C13H6Cl3NO. The quantitative estimate of drug-likeness (QED) is 0.602. The van der Waals surface area contributed by atoms with Crippen LogP contribution in [0.25, 0.3) is 21.7 Å². The highest BCUT2D eigenvalue weighted by Gasteiger charge is 2.09. The van der Waals surface area contributed by atoms with Gasteiger partial charge in [-0.2, -0.15) is 0 Å². The molecule has 18 heavy (non-hydrogen) atoms. The fourth-order valence-electron chi connectivity index (χ4n) is 2.03. The molecule has 0 fully saturated rings. The Balaban J connectivity index is 2.65. The third-order valence-corrected chi connectivity index (χ3v) is 3.56. The Kier molecular flexibility index (Phi) is 2.74. The van der Waals surface area contributed by atoms with Gasteiger partial charge in [0, 0.05) is 20.8 Å². The second kappa shape index (κ2) is 4.16. The van der Waals surface area contributed by atoms with Crippen molar-refractivity contribution in [2.75, 3.05) is 0 Å². The van der Waals surface area contributed by atoms with Crippen molar-refractivity contribution in [3.63, 3.8) is 0 Å². The monoisotopic (exact) mass is 297 g/mol. The van der Waals surface area contributed by atoms with Crippen LogP contribution in [0.2, 0.25) is 15.1 Å². The second-order valence-corrected chi connectivity index (χ2v) is 5.23. The van der Waals surface area contributed by atoms with Crippen LogP contribution < -0.4 is 5.56 Å². The van der Waals surface area contributed by atoms with Crippen molar-refractivity contribution in [1.29, 1.82) is 0 Å². The van der Waals surface area contributed by atoms with E-state index in [-0.39, 0.29) is 5.56 Å². The van der Waals surface area contributed by atoms with Gasteiger partial charge in [0.15, 0.2) is 0 Å². The van der Waals surface area contributed by atoms with Gasteiger partial charge in [-0.25, -0.2) is 0 Å². The summed E-state index contributed by atoms with van der Waals surface area (Å²) in [5.74, 6) is 0. The van der Waals surface area contributed by atoms with Gasteiger partial charge < -0.3 is 4.98 Å². The Hall–Kier alpha value is -1.22. The number of aromatic nitrogens is 1. The zero-order valence-corrected chi connectivity index (χ0v) is 11.2. The highest BCUT2D eigenvalue weighted by atomic mass is 35.5. The van der Waals surface area contributed by atoms with Crippen molar-refractivity contribution >= 4 is 56.5 Å². The molecule has 0 aliphatic heterocycles. The Morgan fingerprint density at radius 2 is 1.56 bits per heavy atom. The molecule has 0 amide bonds. The first-order valence-electron chi connectivity index (χ1n) is 5.16. The van der Waals surface area contributed by atoms with Crippen LogP contribution in [0.3, 0.4) is 0 Å². The fraction of sp³-hybridized carbons (Fsp3) is 0. The number of hydrogen-bond donors (Lipinski definition) is 1. The van der Waals surface area contributed by atoms with Crippen LogP contribution in [-0.2, 0) is 0 Å². The molecule has 2 aromatic carbocycles. The van der Waals surface area contributed by atoms with Crippen molar-refractivity contribution < 1.29 is 0 Å². The maximum atomic E-state index is 12.0. The molecule has 1 heterocycles. The van der Waals surface area contributed by atoms with E-state index in [0.29, 0.717) is 26.0 Å². The molecule has 2 nitrogen and oxygen atoms in total. The second-order valence-electron chi connectivity index (χ2n) is 3.95. The third kappa shape index (κ3) is 1.77. The van der Waals surface area contributed by atoms with E-state index in [2.05, 4.69) is 4.98 Å². The number of H-pyrrole nitrogens is 1. The Labute approximate surface area is 117 Å². The smallest absolute Gasteiger partial charge is 0.256 e. The number of halogens is 3. The van der Waals surface area contributed by atoms with E-state index in [1.807, 2.05) is 0 Å². The first-order chi connectivity index (χ1) is 8.56. The van der Waals surface area contributed by atoms with Crippen LogP contribution in [0.5, 0.6) is 0 Å². The van der Waals surface area contributed by atoms with Crippen molar-refractivity contribution in [3.05, 3.63) is 55.8 Å². The maximum Gasteiger partial charge on any atom is 0.256 e. The Bertz CT molecular complexity index is 839. The molecule has 0 aliphatic carbocycles. The van der Waals surface area contributed by atoms with Crippen LogP contribution in [-0.4, -0.2) is 4.98 Å². The first kappa shape index (κ1) is 11.8. The van der Waals surface area contributed by atoms with Crippen LogP contribution in [0, 0.1) is 0 Å². The average molecular weight is 299 g/mol. The summed E-state index contributed by atoms with van der Waals surface area (Å²) < 4.78 is 0. The minimum Gasteiger partial charge on any atom is -0.320 e. The summed E-state index contributed by atoms with van der Waals surface area (Å²) in [7, 11) is 0. The van der Waals surface area contributed by atoms with Crippen LogP contribution in [0.4, 0.5) is 0 Å². The lowest BCUT2D eigenvalue weighted by atomic mass is 10.1. The van der Waals surface area contributed by atoms with Gasteiger partial charge in [0.05, 0.1) is 10.5 Å². The van der Waals surface area contributed by atoms with Gasteiger partial charge in [0.1, 0.15) is 0 Å². The van der Waals surface area contributed by atoms with E-state index in [1.54, 1.807) is 30.3 Å². The Morgan fingerprint density at radius 3 is 2.33 bits per heavy atom. The van der Waals surface area contributed by atoms with Crippen molar-refractivity contribution in [2.24, 2.45) is 0 Å². The molecular weight excluding hydrogens is 293 g/mol. The molecule has 0 saturated heterocycles. The van der Waals surface area contributed by atoms with Gasteiger partial charge in [0.25, 0.3) is 5.56 Å². The minimum absolute atomic E-state index is 0.218. The molecule has 5 heteroatoms. The number of hydrogen-bond acceptors (Lipinski definition) is 1. The van der Waals surface area contributed by atoms with Crippen LogP contribution >= 0.6 is 34.8 Å². The van der Waals surface area contributed by atoms with E-state index < -0.39 is 0 Å². The molecule has 0 unspecified atom stereocenters. The van der Waals surface area contributed by atoms with E-state index >= 15 is 0 Å². The van der Waals surface area contributed by atoms with Crippen LogP contribution in [0.15, 0.2) is 35.1 Å². The van der Waals surface area contributed by atoms with E-state index in [9.17, 15) is 4.79 Å². The predicted octanol–water partition coefficient (Wildman–Crippen LogP) is 4.64. The lowest BCUT2D eigenvalue weighted by molar-refractivity contribution is 1.34. The SMILES string of the molecule is O=c1[nH]c2c(Cl)cc(Cl)cc2c2ccc(Cl)cc12. The summed E-state index contributed by atoms with van der Waals surface area (Å²) in [6.45, 7) is 0. The van der Waals surface area contributed by atoms with E-state index in [0.717, 1.165) is 10.8 Å². The zero-order chi connectivity index (χ0) is 12.9. The number of benzene rings is 2. The molecule has 0 spiro atoms. The molecule has 1 N–H and O–H groups in total. The first-order valence-corrected chi connectivity index (χ1v) is 6.30. The summed E-state index contributed by atoms with van der Waals surface area (Å²) in [4.78, 5) is 14.7. The largest absolute Gasteiger partial charge is 0.320 e. The Morgan fingerprint density at radius 1 is 0.833 bits per heavy atom. The number of pyridine rings is 1. The highest BCUT2D eigenvalue weighted by Crippen LogP contribution is 2.30. The molecule has 0 bridgehead atoms. The van der Waals surface area contributed by atoms with E-state index in [1.165, 1.54) is 0 Å². The van der Waals surface area contributed by atoms with Gasteiger partial charge in [0.2, 0.25) is 0 Å². The number of fused-ring (bicyclic) bond motifs is 3. The maximum absolute atomic E-state index is 12.0. The van der Waals surface area contributed by atoms with Crippen molar-refractivity contribution in [1.82, 2.24) is 4.98 Å². The molecule has 0 saturated carbocycles. The standard InChI is InChI=1S/C13H6Cl3NO/c14-6-1-2-8-9-4-7(15)5-11(16)12(9)17-13(18)10(8)3-6/h1-5H,(H,17,18). The summed E-state index contributed by atoms with van der Waals surface area (Å²) in [5, 5.41) is 3.57. The number of aromatic amines is 1. The highest BCUT2D eigenvalue weighted by molar-refractivity contribution is 6.39. The lowest BCUT2D eigenvalue weighted by Crippen LogP contribution is -2.06. The van der Waals surface area contributed by atoms with Crippen molar-refractivity contribution in [2.45, 2.75) is 0 Å². The normalized spacial score (nSPS) is 11.3. The molecule has 3 aromatic rings. The average Bonchev–Trinajstić information content (AvgIpc) is 2.31. The predicted molar refractivity (Wildman–Crippen MR) is 77.1 cm³/mol. The van der Waals surface area contributed by atoms with E-state index in [4.69, 9.17) is 34.8 Å². The van der Waals surface area contributed by atoms with Crippen molar-refractivity contribution in [3.8, 4) is 0 Å². The lowest BCUT2D eigenvalue weighted by Gasteiger charge is -2.06. The summed E-state index contributed by atoms with van der Waals surface area (Å²) in [5.41, 5.74) is 0.366. The van der Waals surface area contributed by atoms with Gasteiger partial charge in [-0.1, -0.05) is 40.9 Å². The number of rotatable bonds is 0. The van der Waals surface area contributed by atoms with Gasteiger partial charge in [-0.05, 0) is 29.7 Å². The minimum atomic E-state index is -0.218.